The van der Waals surface area contributed by atoms with Crippen molar-refractivity contribution in [3.8, 4) is 0 Å². The summed E-state index contributed by atoms with van der Waals surface area (Å²) in [6, 6.07) is 2.74. The zero-order chi connectivity index (χ0) is 18.0. The second-order valence-corrected chi connectivity index (χ2v) is 6.65. The molecule has 25 heavy (non-hydrogen) atoms. The third-order valence-electron chi connectivity index (χ3n) is 3.73. The largest absolute Gasteiger partial charge is 0.467 e. The van der Waals surface area contributed by atoms with Crippen LogP contribution in [-0.2, 0) is 17.9 Å². The van der Waals surface area contributed by atoms with E-state index in [-0.39, 0.29) is 18.6 Å². The van der Waals surface area contributed by atoms with Crippen LogP contribution in [0.1, 0.15) is 16.2 Å². The van der Waals surface area contributed by atoms with Crippen molar-refractivity contribution in [3.05, 3.63) is 51.3 Å². The van der Waals surface area contributed by atoms with E-state index >= 15 is 0 Å². The summed E-state index contributed by atoms with van der Waals surface area (Å²) in [7, 11) is 0. The molecule has 0 fully saturated rings. The van der Waals surface area contributed by atoms with Gasteiger partial charge in [-0.1, -0.05) is 0 Å². The number of aryl methyl sites for hydroxylation is 2. The molecule has 0 bridgehead atoms. The van der Waals surface area contributed by atoms with E-state index in [2.05, 4.69) is 15.6 Å². The van der Waals surface area contributed by atoms with E-state index in [1.807, 2.05) is 13.8 Å². The van der Waals surface area contributed by atoms with Gasteiger partial charge in [-0.15, -0.1) is 11.3 Å². The van der Waals surface area contributed by atoms with Crippen molar-refractivity contribution in [3.63, 3.8) is 0 Å². The lowest BCUT2D eigenvalue weighted by Crippen LogP contribution is -2.41. The number of urea groups is 1. The van der Waals surface area contributed by atoms with Gasteiger partial charge in [0.2, 0.25) is 5.91 Å². The molecule has 8 nitrogen and oxygen atoms in total. The maximum atomic E-state index is 12.5. The molecule has 0 aliphatic rings. The highest BCUT2D eigenvalue weighted by atomic mass is 32.1. The van der Waals surface area contributed by atoms with Gasteiger partial charge in [0.25, 0.3) is 5.56 Å². The number of thiophene rings is 1. The Labute approximate surface area is 146 Å². The van der Waals surface area contributed by atoms with E-state index < -0.39 is 11.9 Å². The van der Waals surface area contributed by atoms with Crippen molar-refractivity contribution < 1.29 is 14.0 Å². The van der Waals surface area contributed by atoms with E-state index in [4.69, 9.17) is 4.42 Å². The lowest BCUT2D eigenvalue weighted by Gasteiger charge is -2.07. The van der Waals surface area contributed by atoms with E-state index in [1.165, 1.54) is 28.5 Å². The summed E-state index contributed by atoms with van der Waals surface area (Å²) in [5.74, 6) is -0.0402. The second-order valence-electron chi connectivity index (χ2n) is 5.45. The molecule has 3 aromatic heterocycles. The topological polar surface area (TPSA) is 106 Å². The van der Waals surface area contributed by atoms with Crippen molar-refractivity contribution in [2.24, 2.45) is 0 Å². The molecular formula is C16H16N4O4S. The predicted octanol–water partition coefficient (Wildman–Crippen LogP) is 1.69. The average Bonchev–Trinajstić information content (AvgIpc) is 3.17. The van der Waals surface area contributed by atoms with Crippen LogP contribution < -0.4 is 16.2 Å². The number of rotatable bonds is 4. The van der Waals surface area contributed by atoms with Crippen LogP contribution in [0.3, 0.4) is 0 Å². The predicted molar refractivity (Wildman–Crippen MR) is 92.4 cm³/mol. The van der Waals surface area contributed by atoms with Gasteiger partial charge >= 0.3 is 6.03 Å². The van der Waals surface area contributed by atoms with Crippen LogP contribution in [0.4, 0.5) is 4.79 Å². The molecule has 0 saturated heterocycles. The van der Waals surface area contributed by atoms with Crippen LogP contribution in [0.2, 0.25) is 0 Å². The smallest absolute Gasteiger partial charge is 0.321 e. The number of aromatic nitrogens is 2. The highest BCUT2D eigenvalue weighted by Gasteiger charge is 2.15. The summed E-state index contributed by atoms with van der Waals surface area (Å²) in [6.07, 6.45) is 2.81. The summed E-state index contributed by atoms with van der Waals surface area (Å²) in [6.45, 7) is 3.64. The summed E-state index contributed by atoms with van der Waals surface area (Å²) >= 11 is 1.44. The minimum atomic E-state index is -0.661. The molecule has 0 atom stereocenters. The highest BCUT2D eigenvalue weighted by Crippen LogP contribution is 2.25. The van der Waals surface area contributed by atoms with E-state index in [0.29, 0.717) is 16.0 Å². The molecule has 3 heterocycles. The molecule has 0 unspecified atom stereocenters. The number of fused-ring (bicyclic) bond motifs is 1. The zero-order valence-electron chi connectivity index (χ0n) is 13.7. The number of nitrogens with one attached hydrogen (secondary N) is 2. The Hall–Kier alpha value is -2.94. The highest BCUT2D eigenvalue weighted by molar-refractivity contribution is 7.18. The first-order valence-electron chi connectivity index (χ1n) is 7.51. The lowest BCUT2D eigenvalue weighted by atomic mass is 10.2. The number of furan rings is 1. The Morgan fingerprint density at radius 2 is 2.16 bits per heavy atom. The quantitative estimate of drug-likeness (QED) is 0.736. The Bertz CT molecular complexity index is 988. The number of hydrogen-bond donors (Lipinski definition) is 2. The molecule has 3 aromatic rings. The van der Waals surface area contributed by atoms with Gasteiger partial charge < -0.3 is 9.73 Å². The molecule has 3 amide bonds. The Kier molecular flexibility index (Phi) is 4.66. The summed E-state index contributed by atoms with van der Waals surface area (Å²) in [5.41, 5.74) is 0.571. The Morgan fingerprint density at radius 1 is 1.36 bits per heavy atom. The van der Waals surface area contributed by atoms with Crippen LogP contribution in [0.25, 0.3) is 10.2 Å². The van der Waals surface area contributed by atoms with Gasteiger partial charge in [0, 0.05) is 4.88 Å². The zero-order valence-corrected chi connectivity index (χ0v) is 14.5. The van der Waals surface area contributed by atoms with E-state index in [9.17, 15) is 14.4 Å². The molecule has 0 aliphatic carbocycles. The van der Waals surface area contributed by atoms with Crippen molar-refractivity contribution in [1.82, 2.24) is 20.2 Å². The van der Waals surface area contributed by atoms with Crippen LogP contribution in [0.5, 0.6) is 0 Å². The monoisotopic (exact) mass is 360 g/mol. The van der Waals surface area contributed by atoms with Crippen molar-refractivity contribution >= 4 is 33.5 Å². The maximum Gasteiger partial charge on any atom is 0.321 e. The number of carbonyl (C=O) groups excluding carboxylic acids is 2. The number of hydrogen-bond acceptors (Lipinski definition) is 6. The van der Waals surface area contributed by atoms with Gasteiger partial charge in [-0.2, -0.15) is 0 Å². The first kappa shape index (κ1) is 16.9. The fourth-order valence-corrected chi connectivity index (χ4v) is 3.32. The third-order valence-corrected chi connectivity index (χ3v) is 4.84. The van der Waals surface area contributed by atoms with Crippen LogP contribution in [0, 0.1) is 13.8 Å². The Balaban J connectivity index is 1.65. The van der Waals surface area contributed by atoms with Crippen molar-refractivity contribution in [2.45, 2.75) is 26.9 Å². The SMILES string of the molecule is Cc1sc2ncn(CC(=O)NC(=O)NCc3ccco3)c(=O)c2c1C. The van der Waals surface area contributed by atoms with Gasteiger partial charge in [0.05, 0.1) is 24.5 Å². The van der Waals surface area contributed by atoms with Gasteiger partial charge in [-0.3, -0.25) is 19.5 Å². The molecule has 9 heteroatoms. The van der Waals surface area contributed by atoms with Gasteiger partial charge in [-0.05, 0) is 31.5 Å². The molecule has 3 rings (SSSR count). The summed E-state index contributed by atoms with van der Waals surface area (Å²) in [4.78, 5) is 42.1. The molecule has 0 aliphatic heterocycles. The number of imide groups is 1. The van der Waals surface area contributed by atoms with Gasteiger partial charge in [-0.25, -0.2) is 9.78 Å². The molecule has 0 aromatic carbocycles. The molecular weight excluding hydrogens is 344 g/mol. The summed E-state index contributed by atoms with van der Waals surface area (Å²) in [5, 5.41) is 5.18. The number of carbonyl (C=O) groups is 2. The van der Waals surface area contributed by atoms with E-state index in [1.54, 1.807) is 12.1 Å². The summed E-state index contributed by atoms with van der Waals surface area (Å²) < 4.78 is 6.27. The van der Waals surface area contributed by atoms with Gasteiger partial charge in [0.1, 0.15) is 17.1 Å². The van der Waals surface area contributed by atoms with Gasteiger partial charge in [0.15, 0.2) is 0 Å². The molecule has 0 spiro atoms. The van der Waals surface area contributed by atoms with Crippen molar-refractivity contribution in [2.75, 3.05) is 0 Å². The van der Waals surface area contributed by atoms with Crippen LogP contribution in [-0.4, -0.2) is 21.5 Å². The first-order chi connectivity index (χ1) is 12.0. The fraction of sp³-hybridized carbons (Fsp3) is 0.250. The normalized spacial score (nSPS) is 10.8. The second kappa shape index (κ2) is 6.89. The lowest BCUT2D eigenvalue weighted by molar-refractivity contribution is -0.120. The maximum absolute atomic E-state index is 12.5. The minimum absolute atomic E-state index is 0.160. The van der Waals surface area contributed by atoms with Crippen LogP contribution in [0.15, 0.2) is 33.9 Å². The Morgan fingerprint density at radius 3 is 2.88 bits per heavy atom. The average molecular weight is 360 g/mol. The molecule has 130 valence electrons. The van der Waals surface area contributed by atoms with Crippen LogP contribution >= 0.6 is 11.3 Å². The standard InChI is InChI=1S/C16H16N4O4S/c1-9-10(2)25-14-13(9)15(22)20(8-18-14)7-12(21)19-16(23)17-6-11-4-3-5-24-11/h3-5,8H,6-7H2,1-2H3,(H2,17,19,21,23). The first-order valence-corrected chi connectivity index (χ1v) is 8.32. The molecule has 0 radical (unpaired) electrons. The molecule has 0 saturated carbocycles. The van der Waals surface area contributed by atoms with E-state index in [0.717, 1.165) is 10.4 Å². The number of amides is 3. The van der Waals surface area contributed by atoms with Crippen molar-refractivity contribution in [1.29, 1.82) is 0 Å². The third kappa shape index (κ3) is 3.61. The fourth-order valence-electron chi connectivity index (χ4n) is 2.33. The molecule has 2 N–H and O–H groups in total. The minimum Gasteiger partial charge on any atom is -0.467 e. The number of nitrogens with zero attached hydrogens (tertiary/aromatic N) is 2.